The van der Waals surface area contributed by atoms with Crippen LogP contribution in [0.15, 0.2) is 28.7 Å². The minimum absolute atomic E-state index is 0.785. The monoisotopic (exact) mass is 183 g/mol. The highest BCUT2D eigenvalue weighted by atomic mass is 79.9. The summed E-state index contributed by atoms with van der Waals surface area (Å²) in [7, 11) is 0. The number of para-hydroxylation sites is 1. The van der Waals surface area contributed by atoms with Gasteiger partial charge in [-0.05, 0) is 28.1 Å². The molecule has 2 heteroatoms. The van der Waals surface area contributed by atoms with E-state index in [9.17, 15) is 0 Å². The highest BCUT2D eigenvalue weighted by molar-refractivity contribution is 9.10. The molecule has 0 aromatic heterocycles. The third kappa shape index (κ3) is 1.01. The maximum absolute atomic E-state index is 5.47. The van der Waals surface area contributed by atoms with Crippen LogP contribution >= 0.6 is 15.9 Å². The summed E-state index contributed by atoms with van der Waals surface area (Å²) in [4.78, 5) is 0. The zero-order valence-corrected chi connectivity index (χ0v) is 5.85. The van der Waals surface area contributed by atoms with Gasteiger partial charge in [0.15, 0.2) is 0 Å². The lowest BCUT2D eigenvalue weighted by atomic mass is 12.2. The van der Waals surface area contributed by atoms with Gasteiger partial charge < -0.3 is 5.73 Å². The zero-order valence-electron chi connectivity index (χ0n) is 4.26. The Kier molecular flexibility index (Phi) is 1.53. The van der Waals surface area contributed by atoms with Crippen molar-refractivity contribution in [3.63, 3.8) is 0 Å². The molecule has 1 nitrogen and oxygen atoms in total. The Balaban J connectivity index is 3.13. The molecule has 0 aliphatic carbocycles. The first-order chi connectivity index (χ1) is 3.80. The van der Waals surface area contributed by atoms with Crippen molar-refractivity contribution in [3.05, 3.63) is 28.7 Å². The fraction of sp³-hybridized carbons (Fsp3) is 0. The molecule has 2 N–H and O–H groups in total. The Morgan fingerprint density at radius 1 is 1.25 bits per heavy atom. The minimum Gasteiger partial charge on any atom is -0.398 e. The van der Waals surface area contributed by atoms with Crippen molar-refractivity contribution in [1.29, 1.82) is 0 Å². The largest absolute Gasteiger partial charge is 0.398 e. The van der Waals surface area contributed by atoms with Gasteiger partial charge in [0.05, 0.1) is 0 Å². The van der Waals surface area contributed by atoms with E-state index in [1.807, 2.05) is 24.3 Å². The van der Waals surface area contributed by atoms with Crippen LogP contribution in [0, 0.1) is 0 Å². The number of rotatable bonds is 0. The summed E-state index contributed by atoms with van der Waals surface area (Å²) in [5.74, 6) is 0. The lowest BCUT2D eigenvalue weighted by Crippen LogP contribution is -1.82. The predicted octanol–water partition coefficient (Wildman–Crippen LogP) is 2.03. The molecule has 0 unspecified atom stereocenters. The van der Waals surface area contributed by atoms with Gasteiger partial charge in [0.1, 0.15) is 0 Å². The molecule has 0 saturated carbocycles. The third-order valence-electron chi connectivity index (χ3n) is 0.905. The fourth-order valence-electron chi connectivity index (χ4n) is 0.475. The average Bonchev–Trinajstić information content (AvgIpc) is 1.77. The van der Waals surface area contributed by atoms with Crippen LogP contribution in [0.25, 0.3) is 0 Å². The van der Waals surface area contributed by atoms with E-state index in [1.165, 1.54) is 0 Å². The van der Waals surface area contributed by atoms with E-state index in [0.717, 1.165) is 10.2 Å². The maximum atomic E-state index is 5.47. The molecule has 0 heterocycles. The second-order valence-electron chi connectivity index (χ2n) is 1.52. The van der Waals surface area contributed by atoms with Gasteiger partial charge in [0, 0.05) is 10.2 Å². The number of nitrogen functional groups attached to an aromatic ring is 1. The smallest absolute Gasteiger partial charge is 0.0458 e. The lowest BCUT2D eigenvalue weighted by Gasteiger charge is -1.91. The van der Waals surface area contributed by atoms with Crippen LogP contribution in [-0.4, -0.2) is 0 Å². The summed E-state index contributed by atoms with van der Waals surface area (Å²) in [6, 6.07) is 7.60. The molecule has 0 aliphatic rings. The van der Waals surface area contributed by atoms with E-state index in [2.05, 4.69) is 15.9 Å². The Bertz CT molecular complexity index is 165. The van der Waals surface area contributed by atoms with Gasteiger partial charge in [-0.2, -0.15) is 0 Å². The number of anilines is 1. The van der Waals surface area contributed by atoms with Gasteiger partial charge >= 0.3 is 0 Å². The number of hydrogen-bond donors (Lipinski definition) is 1. The molecule has 42 valence electrons. The summed E-state index contributed by atoms with van der Waals surface area (Å²) in [5, 5.41) is 0. The molecule has 0 fully saturated rings. The quantitative estimate of drug-likeness (QED) is 0.613. The molecule has 0 saturated heterocycles. The molecular weight excluding hydrogens is 178 g/mol. The Labute approximate surface area is 56.6 Å². The molecule has 1 rings (SSSR count). The molecule has 0 bridgehead atoms. The first-order valence-corrected chi connectivity index (χ1v) is 3.10. The first-order valence-electron chi connectivity index (χ1n) is 2.31. The highest BCUT2D eigenvalue weighted by Gasteiger charge is 1.86. The van der Waals surface area contributed by atoms with Crippen molar-refractivity contribution < 1.29 is 0 Å². The third-order valence-corrected chi connectivity index (χ3v) is 1.63. The van der Waals surface area contributed by atoms with Crippen LogP contribution in [-0.2, 0) is 0 Å². The van der Waals surface area contributed by atoms with Gasteiger partial charge in [0.25, 0.3) is 0 Å². The first kappa shape index (κ1) is 5.63. The number of hydrogen-bond acceptors (Lipinski definition) is 1. The van der Waals surface area contributed by atoms with E-state index >= 15 is 0 Å². The lowest BCUT2D eigenvalue weighted by molar-refractivity contribution is 1.63. The van der Waals surface area contributed by atoms with Gasteiger partial charge in [-0.3, -0.25) is 0 Å². The zero-order chi connectivity index (χ0) is 5.98. The van der Waals surface area contributed by atoms with Gasteiger partial charge in [-0.1, -0.05) is 12.1 Å². The molecule has 1 aromatic rings. The molecule has 0 spiro atoms. The summed E-state index contributed by atoms with van der Waals surface area (Å²) >= 11 is 3.27. The molecule has 0 atom stereocenters. The minimum atomic E-state index is 0.785. The van der Waals surface area contributed by atoms with Crippen LogP contribution in [0.5, 0.6) is 0 Å². The number of halogens is 1. The topological polar surface area (TPSA) is 26.0 Å². The van der Waals surface area contributed by atoms with Crippen LogP contribution in [0.4, 0.5) is 5.69 Å². The van der Waals surface area contributed by atoms with E-state index in [0.29, 0.717) is 0 Å². The van der Waals surface area contributed by atoms with Crippen molar-refractivity contribution in [3.8, 4) is 0 Å². The molecule has 0 aliphatic heterocycles. The standard InChI is InChI=1S/C6H6BrN/c7-5-3-1-2-4-6(5)8/h1-4H,8H2/i1+2,2+2,3+2,4+2,5+2,6+2. The van der Waals surface area contributed by atoms with Crippen molar-refractivity contribution >= 4 is 21.6 Å². The fourth-order valence-corrected chi connectivity index (χ4v) is 0.760. The second-order valence-corrected chi connectivity index (χ2v) is 2.38. The Morgan fingerprint density at radius 3 is 2.25 bits per heavy atom. The van der Waals surface area contributed by atoms with Crippen LogP contribution in [0.3, 0.4) is 0 Å². The van der Waals surface area contributed by atoms with Crippen LogP contribution < -0.4 is 5.73 Å². The van der Waals surface area contributed by atoms with Crippen molar-refractivity contribution in [2.24, 2.45) is 0 Å². The SMILES string of the molecule is N[14c]1[14cH][14cH][14cH][14cH][14c]1Br. The number of nitrogens with two attached hydrogens (primary N) is 1. The van der Waals surface area contributed by atoms with Gasteiger partial charge in [0.2, 0.25) is 0 Å². The molecule has 1 aromatic carbocycles. The summed E-state index contributed by atoms with van der Waals surface area (Å²) < 4.78 is 0.958. The maximum Gasteiger partial charge on any atom is 0.0458 e. The van der Waals surface area contributed by atoms with Crippen molar-refractivity contribution in [2.45, 2.75) is 0 Å². The van der Waals surface area contributed by atoms with Crippen LogP contribution in [0.2, 0.25) is 0 Å². The Hall–Kier alpha value is -0.500. The van der Waals surface area contributed by atoms with Gasteiger partial charge in [-0.25, -0.2) is 0 Å². The summed E-state index contributed by atoms with van der Waals surface area (Å²) in [5.41, 5.74) is 6.26. The average molecular weight is 184 g/mol. The van der Waals surface area contributed by atoms with E-state index < -0.39 is 0 Å². The van der Waals surface area contributed by atoms with E-state index in [-0.39, 0.29) is 0 Å². The molecule has 0 radical (unpaired) electrons. The highest BCUT2D eigenvalue weighted by Crippen LogP contribution is 2.16. The number of benzene rings is 1. The molecule has 8 heavy (non-hydrogen) atoms. The second kappa shape index (κ2) is 2.18. The molecular formula is C6H6BrN. The molecule has 0 amide bonds. The summed E-state index contributed by atoms with van der Waals surface area (Å²) in [6.45, 7) is 0. The summed E-state index contributed by atoms with van der Waals surface area (Å²) in [6.07, 6.45) is 0. The van der Waals surface area contributed by atoms with Crippen LogP contribution in [0.1, 0.15) is 0 Å². The Morgan fingerprint density at radius 2 is 1.88 bits per heavy atom. The van der Waals surface area contributed by atoms with E-state index in [4.69, 9.17) is 5.73 Å². The van der Waals surface area contributed by atoms with Crippen molar-refractivity contribution in [2.75, 3.05) is 5.73 Å². The normalized spacial score (nSPS) is 9.12. The van der Waals surface area contributed by atoms with Gasteiger partial charge in [-0.15, -0.1) is 0 Å². The van der Waals surface area contributed by atoms with E-state index in [1.54, 1.807) is 0 Å². The van der Waals surface area contributed by atoms with Crippen molar-refractivity contribution in [1.82, 2.24) is 0 Å². The predicted molar refractivity (Wildman–Crippen MR) is 38.6 cm³/mol.